The fourth-order valence-electron chi connectivity index (χ4n) is 4.55. The minimum Gasteiger partial charge on any atom is -0.394 e. The minimum atomic E-state index is -2.24. The highest BCUT2D eigenvalue weighted by Gasteiger charge is 2.47. The van der Waals surface area contributed by atoms with E-state index in [2.05, 4.69) is 24.1 Å². The zero-order valence-electron chi connectivity index (χ0n) is 25.5. The van der Waals surface area contributed by atoms with Gasteiger partial charge in [0.25, 0.3) is 5.91 Å². The Morgan fingerprint density at radius 1 is 0.932 bits per heavy atom. The van der Waals surface area contributed by atoms with Crippen molar-refractivity contribution < 1.29 is 64.7 Å². The number of nitrogens with zero attached hydrogens (tertiary/aromatic N) is 1. The summed E-state index contributed by atoms with van der Waals surface area (Å²) in [6.07, 6.45) is -11.6. The largest absolute Gasteiger partial charge is 0.394 e. The number of aliphatic hydroxyl groups is 8. The molecule has 0 saturated carbocycles. The van der Waals surface area contributed by atoms with Crippen molar-refractivity contribution in [2.45, 2.75) is 107 Å². The van der Waals surface area contributed by atoms with Crippen LogP contribution in [0.25, 0.3) is 0 Å². The standard InChI is InChI=1S/C28H51N3O13/c1-4-5-6-7-8-9-16(2)27(42)31(12-10-29-17(3)34)13-11-30-26(41)23(39)22(38)25(18(35)14-32)44-28-24(40)21(37)20(36)19(15-33)43-28/h18-25,28,32-33,35-40H,2,4-15H2,1,3H3,(H,29,34)(H,30,41)/t18?,19?,20-,21-,22?,23?,24?,25?,28-/m0/s1. The summed E-state index contributed by atoms with van der Waals surface area (Å²) in [5.41, 5.74) is 0.372. The van der Waals surface area contributed by atoms with E-state index in [-0.39, 0.29) is 38.0 Å². The molecule has 44 heavy (non-hydrogen) atoms. The molecule has 9 atom stereocenters. The third-order valence-electron chi connectivity index (χ3n) is 7.24. The Morgan fingerprint density at radius 2 is 1.55 bits per heavy atom. The van der Waals surface area contributed by atoms with Crippen molar-refractivity contribution >= 4 is 17.7 Å². The molecule has 0 spiro atoms. The summed E-state index contributed by atoms with van der Waals surface area (Å²) in [6.45, 7) is 5.56. The summed E-state index contributed by atoms with van der Waals surface area (Å²) < 4.78 is 10.5. The van der Waals surface area contributed by atoms with E-state index in [0.717, 1.165) is 32.1 Å². The van der Waals surface area contributed by atoms with Crippen LogP contribution in [-0.2, 0) is 23.9 Å². The maximum atomic E-state index is 13.0. The fraction of sp³-hybridized carbons (Fsp3) is 0.821. The van der Waals surface area contributed by atoms with Gasteiger partial charge in [-0.1, -0.05) is 39.2 Å². The van der Waals surface area contributed by atoms with Crippen LogP contribution in [0.1, 0.15) is 52.4 Å². The van der Waals surface area contributed by atoms with Crippen LogP contribution in [-0.4, -0.2) is 158 Å². The molecule has 1 heterocycles. The van der Waals surface area contributed by atoms with Crippen LogP contribution in [0.15, 0.2) is 12.2 Å². The van der Waals surface area contributed by atoms with Crippen LogP contribution >= 0.6 is 0 Å². The second-order valence-electron chi connectivity index (χ2n) is 10.8. The topological polar surface area (TPSA) is 259 Å². The number of unbranched alkanes of at least 4 members (excludes halogenated alkanes) is 4. The fourth-order valence-corrected chi connectivity index (χ4v) is 4.55. The van der Waals surface area contributed by atoms with Gasteiger partial charge in [0.2, 0.25) is 11.8 Å². The van der Waals surface area contributed by atoms with Gasteiger partial charge in [0.1, 0.15) is 42.7 Å². The van der Waals surface area contributed by atoms with Gasteiger partial charge in [-0.3, -0.25) is 14.4 Å². The molecule has 0 aromatic heterocycles. The van der Waals surface area contributed by atoms with E-state index in [1.54, 1.807) is 0 Å². The van der Waals surface area contributed by atoms with Crippen LogP contribution in [0.5, 0.6) is 0 Å². The number of nitrogens with one attached hydrogen (secondary N) is 2. The van der Waals surface area contributed by atoms with E-state index in [9.17, 15) is 55.2 Å². The molecule has 0 aromatic rings. The zero-order valence-corrected chi connectivity index (χ0v) is 25.5. The second-order valence-corrected chi connectivity index (χ2v) is 10.8. The lowest BCUT2D eigenvalue weighted by Gasteiger charge is -2.42. The predicted molar refractivity (Wildman–Crippen MR) is 155 cm³/mol. The Labute approximate surface area is 257 Å². The number of carbonyl (C=O) groups excluding carboxylic acids is 3. The molecule has 0 aromatic carbocycles. The lowest BCUT2D eigenvalue weighted by Crippen LogP contribution is -2.62. The van der Waals surface area contributed by atoms with Crippen molar-refractivity contribution in [3.8, 4) is 0 Å². The highest BCUT2D eigenvalue weighted by Crippen LogP contribution is 2.25. The quantitative estimate of drug-likeness (QED) is 0.0429. The lowest BCUT2D eigenvalue weighted by molar-refractivity contribution is -0.326. The smallest absolute Gasteiger partial charge is 0.251 e. The number of hydrogen-bond acceptors (Lipinski definition) is 13. The van der Waals surface area contributed by atoms with E-state index in [4.69, 9.17) is 9.47 Å². The van der Waals surface area contributed by atoms with Crippen molar-refractivity contribution in [1.29, 1.82) is 0 Å². The summed E-state index contributed by atoms with van der Waals surface area (Å²) in [5.74, 6) is -1.78. The Kier molecular flexibility index (Phi) is 18.7. The normalized spacial score (nSPS) is 24.5. The molecule has 16 nitrogen and oxygen atoms in total. The van der Waals surface area contributed by atoms with Crippen LogP contribution in [0.3, 0.4) is 0 Å². The molecule has 3 amide bonds. The minimum absolute atomic E-state index is 0.0358. The summed E-state index contributed by atoms with van der Waals surface area (Å²) in [6, 6.07) is 0. The maximum absolute atomic E-state index is 13.0. The average Bonchev–Trinajstić information content (AvgIpc) is 3.00. The average molecular weight is 638 g/mol. The van der Waals surface area contributed by atoms with Crippen molar-refractivity contribution in [3.63, 3.8) is 0 Å². The summed E-state index contributed by atoms with van der Waals surface area (Å²) in [5, 5.41) is 85.2. The van der Waals surface area contributed by atoms with Crippen molar-refractivity contribution in [2.24, 2.45) is 0 Å². The van der Waals surface area contributed by atoms with E-state index in [1.165, 1.54) is 11.8 Å². The third-order valence-corrected chi connectivity index (χ3v) is 7.24. The third kappa shape index (κ3) is 12.6. The summed E-state index contributed by atoms with van der Waals surface area (Å²) in [7, 11) is 0. The first-order valence-corrected chi connectivity index (χ1v) is 14.9. The molecule has 1 fully saturated rings. The second kappa shape index (κ2) is 20.7. The van der Waals surface area contributed by atoms with E-state index >= 15 is 0 Å². The molecule has 6 unspecified atom stereocenters. The van der Waals surface area contributed by atoms with Gasteiger partial charge in [0.05, 0.1) is 13.2 Å². The van der Waals surface area contributed by atoms with Crippen LogP contribution in [0.2, 0.25) is 0 Å². The Bertz CT molecular complexity index is 893. The lowest BCUT2D eigenvalue weighted by atomic mass is 9.98. The van der Waals surface area contributed by atoms with Crippen molar-refractivity contribution in [3.05, 3.63) is 12.2 Å². The highest BCUT2D eigenvalue weighted by molar-refractivity contribution is 5.92. The Balaban J connectivity index is 2.83. The van der Waals surface area contributed by atoms with E-state index in [1.807, 2.05) is 0 Å². The van der Waals surface area contributed by atoms with Gasteiger partial charge in [-0.2, -0.15) is 0 Å². The number of ether oxygens (including phenoxy) is 2. The van der Waals surface area contributed by atoms with Crippen LogP contribution < -0.4 is 10.6 Å². The van der Waals surface area contributed by atoms with Gasteiger partial charge in [0.15, 0.2) is 12.4 Å². The maximum Gasteiger partial charge on any atom is 0.251 e. The molecule has 10 N–H and O–H groups in total. The number of aliphatic hydroxyl groups excluding tert-OH is 8. The molecular formula is C28H51N3O13. The molecule has 0 radical (unpaired) electrons. The molecule has 1 rings (SSSR count). The first kappa shape index (κ1) is 39.8. The van der Waals surface area contributed by atoms with Gasteiger partial charge >= 0.3 is 0 Å². The zero-order chi connectivity index (χ0) is 33.4. The first-order valence-electron chi connectivity index (χ1n) is 14.9. The monoisotopic (exact) mass is 637 g/mol. The molecule has 0 aliphatic carbocycles. The van der Waals surface area contributed by atoms with E-state index in [0.29, 0.717) is 12.0 Å². The molecule has 1 aliphatic heterocycles. The number of rotatable bonds is 21. The van der Waals surface area contributed by atoms with Crippen LogP contribution in [0, 0.1) is 0 Å². The first-order chi connectivity index (χ1) is 20.8. The Hall–Kier alpha value is -2.25. The van der Waals surface area contributed by atoms with Crippen molar-refractivity contribution in [2.75, 3.05) is 39.4 Å². The molecule has 16 heteroatoms. The van der Waals surface area contributed by atoms with Crippen LogP contribution in [0.4, 0.5) is 0 Å². The van der Waals surface area contributed by atoms with Gasteiger partial charge in [-0.25, -0.2) is 0 Å². The number of hydrogen-bond donors (Lipinski definition) is 10. The molecular weight excluding hydrogens is 586 g/mol. The molecule has 256 valence electrons. The summed E-state index contributed by atoms with van der Waals surface area (Å²) >= 11 is 0. The summed E-state index contributed by atoms with van der Waals surface area (Å²) in [4.78, 5) is 38.4. The van der Waals surface area contributed by atoms with Gasteiger partial charge in [-0.15, -0.1) is 0 Å². The van der Waals surface area contributed by atoms with Gasteiger partial charge < -0.3 is 65.9 Å². The van der Waals surface area contributed by atoms with Crippen molar-refractivity contribution in [1.82, 2.24) is 15.5 Å². The molecule has 0 bridgehead atoms. The molecule has 1 saturated heterocycles. The number of carbonyl (C=O) groups is 3. The van der Waals surface area contributed by atoms with E-state index < -0.39 is 74.2 Å². The predicted octanol–water partition coefficient (Wildman–Crippen LogP) is -3.76. The Morgan fingerprint density at radius 3 is 2.11 bits per heavy atom. The SMILES string of the molecule is C=C(CCCCCCC)C(=O)N(CCNC(C)=O)CCNC(=O)C(O)C(O)C(O[C@@H]1OC(CO)[C@H](O)[C@H](O)C1O)C(O)CO. The van der Waals surface area contributed by atoms with Gasteiger partial charge in [-0.05, 0) is 12.8 Å². The number of amides is 3. The highest BCUT2D eigenvalue weighted by atomic mass is 16.7. The van der Waals surface area contributed by atoms with Gasteiger partial charge in [0, 0.05) is 38.7 Å². The molecule has 1 aliphatic rings.